The molecule has 0 N–H and O–H groups in total. The van der Waals surface area contributed by atoms with E-state index in [1.54, 1.807) is 0 Å². The van der Waals surface area contributed by atoms with Gasteiger partial charge in [0.05, 0.1) is 0 Å². The molecule has 0 atom stereocenters. The molecule has 2 heteroatoms. The second-order valence-electron chi connectivity index (χ2n) is 4.05. The highest BCUT2D eigenvalue weighted by Crippen LogP contribution is 2.23. The molecule has 88 valence electrons. The lowest BCUT2D eigenvalue weighted by Gasteiger charge is -2.03. The Morgan fingerprint density at radius 3 is 2.06 bits per heavy atom. The molecule has 0 nitrogen and oxygen atoms in total. The van der Waals surface area contributed by atoms with E-state index in [1.807, 2.05) is 11.8 Å². The molecule has 0 saturated carbocycles. The van der Waals surface area contributed by atoms with Crippen molar-refractivity contribution in [3.05, 3.63) is 65.2 Å². The first kappa shape index (κ1) is 12.5. The molecule has 0 aromatic heterocycles. The van der Waals surface area contributed by atoms with Crippen LogP contribution in [0.1, 0.15) is 16.7 Å². The highest BCUT2D eigenvalue weighted by molar-refractivity contribution is 7.98. The van der Waals surface area contributed by atoms with Gasteiger partial charge in [0.2, 0.25) is 0 Å². The molecule has 0 heterocycles. The van der Waals surface area contributed by atoms with E-state index in [2.05, 4.69) is 55.5 Å². The van der Waals surface area contributed by atoms with E-state index in [-0.39, 0.29) is 0 Å². The Morgan fingerprint density at radius 2 is 1.47 bits per heavy atom. The molecule has 0 unspecified atom stereocenters. The molecule has 0 spiro atoms. The predicted molar refractivity (Wildman–Crippen MR) is 76.7 cm³/mol. The number of halogens is 1. The number of benzene rings is 2. The Balaban J connectivity index is 1.95. The standard InChI is InChI=1S/C15H15ClS/c1-12-2-4-14(5-3-12)11-17-15-8-6-13(10-16)7-9-15/h2-9H,10-11H2,1H3. The quantitative estimate of drug-likeness (QED) is 0.550. The minimum absolute atomic E-state index is 0.586. The van der Waals surface area contributed by atoms with Gasteiger partial charge in [0.1, 0.15) is 0 Å². The maximum atomic E-state index is 5.76. The topological polar surface area (TPSA) is 0 Å². The lowest BCUT2D eigenvalue weighted by atomic mass is 10.2. The molecule has 2 aromatic rings. The van der Waals surface area contributed by atoms with Crippen LogP contribution in [0.3, 0.4) is 0 Å². The molecule has 0 fully saturated rings. The Bertz CT molecular complexity index is 459. The van der Waals surface area contributed by atoms with Crippen molar-refractivity contribution in [3.8, 4) is 0 Å². The smallest absolute Gasteiger partial charge is 0.0474 e. The fourth-order valence-corrected chi connectivity index (χ4v) is 2.56. The summed E-state index contributed by atoms with van der Waals surface area (Å²) in [6.07, 6.45) is 0. The van der Waals surface area contributed by atoms with Crippen molar-refractivity contribution in [2.45, 2.75) is 23.5 Å². The SMILES string of the molecule is Cc1ccc(CSc2ccc(CCl)cc2)cc1. The zero-order valence-corrected chi connectivity index (χ0v) is 11.4. The molecule has 0 bridgehead atoms. The van der Waals surface area contributed by atoms with E-state index in [4.69, 9.17) is 11.6 Å². The predicted octanol–water partition coefficient (Wildman–Crippen LogP) is 5.03. The van der Waals surface area contributed by atoms with Gasteiger partial charge in [0, 0.05) is 16.5 Å². The number of aryl methyl sites for hydroxylation is 1. The first-order chi connectivity index (χ1) is 8.28. The summed E-state index contributed by atoms with van der Waals surface area (Å²) >= 11 is 7.62. The number of alkyl halides is 1. The Labute approximate surface area is 112 Å². The summed E-state index contributed by atoms with van der Waals surface area (Å²) in [7, 11) is 0. The van der Waals surface area contributed by atoms with Crippen LogP contribution < -0.4 is 0 Å². The number of hydrogen-bond donors (Lipinski definition) is 0. The van der Waals surface area contributed by atoms with Crippen LogP contribution in [0.2, 0.25) is 0 Å². The average molecular weight is 263 g/mol. The first-order valence-corrected chi connectivity index (χ1v) is 7.13. The van der Waals surface area contributed by atoms with E-state index in [1.165, 1.54) is 21.6 Å². The van der Waals surface area contributed by atoms with Gasteiger partial charge >= 0.3 is 0 Å². The maximum Gasteiger partial charge on any atom is 0.0474 e. The summed E-state index contributed by atoms with van der Waals surface area (Å²) < 4.78 is 0. The monoisotopic (exact) mass is 262 g/mol. The second kappa shape index (κ2) is 6.13. The third-order valence-electron chi connectivity index (χ3n) is 2.60. The highest BCUT2D eigenvalue weighted by atomic mass is 35.5. The van der Waals surface area contributed by atoms with Gasteiger partial charge in [-0.25, -0.2) is 0 Å². The van der Waals surface area contributed by atoms with Crippen LogP contribution in [0.4, 0.5) is 0 Å². The van der Waals surface area contributed by atoms with Crippen LogP contribution in [-0.4, -0.2) is 0 Å². The highest BCUT2D eigenvalue weighted by Gasteiger charge is 1.97. The summed E-state index contributed by atoms with van der Waals surface area (Å²) in [4.78, 5) is 1.29. The molecule has 0 aliphatic carbocycles. The maximum absolute atomic E-state index is 5.76. The van der Waals surface area contributed by atoms with Crippen LogP contribution in [0.5, 0.6) is 0 Å². The average Bonchev–Trinajstić information content (AvgIpc) is 2.39. The number of rotatable bonds is 4. The van der Waals surface area contributed by atoms with Crippen molar-refractivity contribution in [2.75, 3.05) is 0 Å². The molecular formula is C15H15ClS. The van der Waals surface area contributed by atoms with Gasteiger partial charge in [0.25, 0.3) is 0 Å². The first-order valence-electron chi connectivity index (χ1n) is 5.61. The van der Waals surface area contributed by atoms with E-state index in [9.17, 15) is 0 Å². The number of hydrogen-bond acceptors (Lipinski definition) is 1. The summed E-state index contributed by atoms with van der Waals surface area (Å²) in [5, 5.41) is 0. The van der Waals surface area contributed by atoms with E-state index in [0.717, 1.165) is 5.75 Å². The third kappa shape index (κ3) is 3.79. The summed E-state index contributed by atoms with van der Waals surface area (Å²) in [6.45, 7) is 2.11. The van der Waals surface area contributed by atoms with Crippen LogP contribution in [0.15, 0.2) is 53.4 Å². The van der Waals surface area contributed by atoms with Crippen molar-refractivity contribution in [1.29, 1.82) is 0 Å². The molecule has 0 radical (unpaired) electrons. The van der Waals surface area contributed by atoms with Gasteiger partial charge in [-0.1, -0.05) is 42.0 Å². The molecule has 0 aliphatic heterocycles. The normalized spacial score (nSPS) is 10.5. The largest absolute Gasteiger partial charge is 0.122 e. The molecule has 2 aromatic carbocycles. The molecule has 2 rings (SSSR count). The Kier molecular flexibility index (Phi) is 4.52. The Morgan fingerprint density at radius 1 is 0.882 bits per heavy atom. The molecule has 0 aliphatic rings. The van der Waals surface area contributed by atoms with E-state index in [0.29, 0.717) is 5.88 Å². The van der Waals surface area contributed by atoms with Crippen molar-refractivity contribution >= 4 is 23.4 Å². The van der Waals surface area contributed by atoms with Crippen molar-refractivity contribution in [1.82, 2.24) is 0 Å². The second-order valence-corrected chi connectivity index (χ2v) is 5.37. The zero-order valence-electron chi connectivity index (χ0n) is 9.82. The third-order valence-corrected chi connectivity index (χ3v) is 4.00. The van der Waals surface area contributed by atoms with Crippen LogP contribution in [0.25, 0.3) is 0 Å². The van der Waals surface area contributed by atoms with Gasteiger partial charge in [-0.3, -0.25) is 0 Å². The van der Waals surface area contributed by atoms with Crippen LogP contribution in [0, 0.1) is 6.92 Å². The van der Waals surface area contributed by atoms with Crippen LogP contribution in [-0.2, 0) is 11.6 Å². The number of thioether (sulfide) groups is 1. The van der Waals surface area contributed by atoms with Gasteiger partial charge in [0.15, 0.2) is 0 Å². The van der Waals surface area contributed by atoms with Crippen molar-refractivity contribution in [3.63, 3.8) is 0 Å². The summed E-state index contributed by atoms with van der Waals surface area (Å²) in [6, 6.07) is 17.1. The molecule has 17 heavy (non-hydrogen) atoms. The summed E-state index contributed by atoms with van der Waals surface area (Å²) in [5.41, 5.74) is 3.85. The van der Waals surface area contributed by atoms with Gasteiger partial charge in [-0.05, 0) is 30.2 Å². The Hall–Kier alpha value is -0.920. The molecule has 0 saturated heterocycles. The van der Waals surface area contributed by atoms with Gasteiger partial charge in [-0.15, -0.1) is 23.4 Å². The molecular weight excluding hydrogens is 248 g/mol. The summed E-state index contributed by atoms with van der Waals surface area (Å²) in [5.74, 6) is 1.60. The molecule has 0 amide bonds. The van der Waals surface area contributed by atoms with E-state index >= 15 is 0 Å². The van der Waals surface area contributed by atoms with Crippen molar-refractivity contribution < 1.29 is 0 Å². The lowest BCUT2D eigenvalue weighted by Crippen LogP contribution is -1.82. The fraction of sp³-hybridized carbons (Fsp3) is 0.200. The van der Waals surface area contributed by atoms with Crippen molar-refractivity contribution in [2.24, 2.45) is 0 Å². The van der Waals surface area contributed by atoms with E-state index < -0.39 is 0 Å². The fourth-order valence-electron chi connectivity index (χ4n) is 1.53. The lowest BCUT2D eigenvalue weighted by molar-refractivity contribution is 1.32. The van der Waals surface area contributed by atoms with Gasteiger partial charge in [-0.2, -0.15) is 0 Å². The van der Waals surface area contributed by atoms with Gasteiger partial charge < -0.3 is 0 Å². The zero-order chi connectivity index (χ0) is 12.1. The van der Waals surface area contributed by atoms with Crippen LogP contribution >= 0.6 is 23.4 Å². The minimum atomic E-state index is 0.586. The minimum Gasteiger partial charge on any atom is -0.122 e.